The van der Waals surface area contributed by atoms with Crippen molar-refractivity contribution < 1.29 is 9.53 Å². The minimum absolute atomic E-state index is 0.131. The van der Waals surface area contributed by atoms with Gasteiger partial charge in [0.1, 0.15) is 5.75 Å². The molecule has 0 aliphatic carbocycles. The van der Waals surface area contributed by atoms with Crippen LogP contribution in [0, 0.1) is 13.8 Å². The molecular formula is C18H22N2O2. The molecule has 2 aromatic carbocycles. The standard InChI is InChI=1S/C18H22N2O2/c1-12(2)22-16-10-8-15(9-11-16)19-18(21)20-17-13(3)6-5-7-14(17)4/h5-12H,1-4H3,(H2,19,20,21). The van der Waals surface area contributed by atoms with E-state index < -0.39 is 0 Å². The zero-order valence-electron chi connectivity index (χ0n) is 13.4. The first-order valence-corrected chi connectivity index (χ1v) is 7.36. The molecular weight excluding hydrogens is 276 g/mol. The molecule has 2 amide bonds. The van der Waals surface area contributed by atoms with E-state index in [2.05, 4.69) is 10.6 Å². The van der Waals surface area contributed by atoms with Gasteiger partial charge in [-0.1, -0.05) is 18.2 Å². The van der Waals surface area contributed by atoms with Crippen LogP contribution in [0.4, 0.5) is 16.2 Å². The van der Waals surface area contributed by atoms with Crippen molar-refractivity contribution in [3.8, 4) is 5.75 Å². The zero-order chi connectivity index (χ0) is 16.1. The molecule has 0 saturated carbocycles. The maximum Gasteiger partial charge on any atom is 0.323 e. The summed E-state index contributed by atoms with van der Waals surface area (Å²) in [6.45, 7) is 7.90. The number of amides is 2. The normalized spacial score (nSPS) is 10.4. The van der Waals surface area contributed by atoms with Crippen molar-refractivity contribution >= 4 is 17.4 Å². The number of hydrogen-bond donors (Lipinski definition) is 2. The SMILES string of the molecule is Cc1cccc(C)c1NC(=O)Nc1ccc(OC(C)C)cc1. The van der Waals surface area contributed by atoms with E-state index in [4.69, 9.17) is 4.74 Å². The molecule has 0 aromatic heterocycles. The summed E-state index contributed by atoms with van der Waals surface area (Å²) in [7, 11) is 0. The van der Waals surface area contributed by atoms with Crippen molar-refractivity contribution in [2.75, 3.05) is 10.6 Å². The second-order valence-electron chi connectivity index (χ2n) is 5.54. The van der Waals surface area contributed by atoms with Gasteiger partial charge in [-0.05, 0) is 63.1 Å². The van der Waals surface area contributed by atoms with Gasteiger partial charge in [0, 0.05) is 11.4 Å². The van der Waals surface area contributed by atoms with Crippen LogP contribution >= 0.6 is 0 Å². The van der Waals surface area contributed by atoms with Crippen LogP contribution in [0.5, 0.6) is 5.75 Å². The fraction of sp³-hybridized carbons (Fsp3) is 0.278. The van der Waals surface area contributed by atoms with Gasteiger partial charge in [-0.15, -0.1) is 0 Å². The molecule has 0 radical (unpaired) electrons. The molecule has 4 heteroatoms. The number of rotatable bonds is 4. The highest BCUT2D eigenvalue weighted by atomic mass is 16.5. The molecule has 0 unspecified atom stereocenters. The molecule has 0 aliphatic heterocycles. The zero-order valence-corrected chi connectivity index (χ0v) is 13.4. The van der Waals surface area contributed by atoms with Crippen LogP contribution in [-0.4, -0.2) is 12.1 Å². The molecule has 2 aromatic rings. The first-order valence-electron chi connectivity index (χ1n) is 7.36. The van der Waals surface area contributed by atoms with Gasteiger partial charge >= 0.3 is 6.03 Å². The van der Waals surface area contributed by atoms with Crippen LogP contribution in [0.1, 0.15) is 25.0 Å². The van der Waals surface area contributed by atoms with Gasteiger partial charge in [0.25, 0.3) is 0 Å². The number of hydrogen-bond acceptors (Lipinski definition) is 2. The summed E-state index contributed by atoms with van der Waals surface area (Å²) in [6, 6.07) is 13.0. The second-order valence-corrected chi connectivity index (χ2v) is 5.54. The first-order chi connectivity index (χ1) is 10.5. The fourth-order valence-corrected chi connectivity index (χ4v) is 2.18. The Morgan fingerprint density at radius 1 is 0.955 bits per heavy atom. The fourth-order valence-electron chi connectivity index (χ4n) is 2.18. The van der Waals surface area contributed by atoms with Gasteiger partial charge in [-0.2, -0.15) is 0 Å². The van der Waals surface area contributed by atoms with Crippen molar-refractivity contribution in [1.29, 1.82) is 0 Å². The van der Waals surface area contributed by atoms with E-state index >= 15 is 0 Å². The Morgan fingerprint density at radius 3 is 2.09 bits per heavy atom. The minimum Gasteiger partial charge on any atom is -0.491 e. The molecule has 0 bridgehead atoms. The van der Waals surface area contributed by atoms with Crippen LogP contribution in [0.25, 0.3) is 0 Å². The van der Waals surface area contributed by atoms with E-state index in [1.54, 1.807) is 0 Å². The molecule has 0 heterocycles. The Hall–Kier alpha value is -2.49. The molecule has 0 spiro atoms. The molecule has 4 nitrogen and oxygen atoms in total. The first kappa shape index (κ1) is 15.9. The van der Waals surface area contributed by atoms with Crippen LogP contribution in [0.3, 0.4) is 0 Å². The monoisotopic (exact) mass is 298 g/mol. The summed E-state index contributed by atoms with van der Waals surface area (Å²) in [5.74, 6) is 0.788. The van der Waals surface area contributed by atoms with E-state index in [0.717, 1.165) is 28.3 Å². The molecule has 0 fully saturated rings. The highest BCUT2D eigenvalue weighted by Gasteiger charge is 2.07. The van der Waals surface area contributed by atoms with Crippen molar-refractivity contribution in [3.63, 3.8) is 0 Å². The Bertz CT molecular complexity index is 628. The Labute approximate surface area is 131 Å². The van der Waals surface area contributed by atoms with E-state index in [1.165, 1.54) is 0 Å². The highest BCUT2D eigenvalue weighted by Crippen LogP contribution is 2.20. The molecule has 0 aliphatic rings. The predicted octanol–water partition coefficient (Wildman–Crippen LogP) is 4.73. The summed E-state index contributed by atoms with van der Waals surface area (Å²) >= 11 is 0. The van der Waals surface area contributed by atoms with Crippen molar-refractivity contribution in [2.24, 2.45) is 0 Å². The van der Waals surface area contributed by atoms with E-state index in [1.807, 2.05) is 70.2 Å². The summed E-state index contributed by atoms with van der Waals surface area (Å²) in [5.41, 5.74) is 3.64. The molecule has 2 rings (SSSR count). The Morgan fingerprint density at radius 2 is 1.55 bits per heavy atom. The van der Waals surface area contributed by atoms with Gasteiger partial charge in [0.2, 0.25) is 0 Å². The van der Waals surface area contributed by atoms with Crippen molar-refractivity contribution in [3.05, 3.63) is 53.6 Å². The average molecular weight is 298 g/mol. The third-order valence-electron chi connectivity index (χ3n) is 3.20. The Balaban J connectivity index is 2.00. The maximum absolute atomic E-state index is 12.1. The number of aryl methyl sites for hydroxylation is 2. The third-order valence-corrected chi connectivity index (χ3v) is 3.20. The molecule has 0 saturated heterocycles. The van der Waals surface area contributed by atoms with Crippen LogP contribution in [-0.2, 0) is 0 Å². The number of benzene rings is 2. The lowest BCUT2D eigenvalue weighted by Gasteiger charge is -2.13. The number of anilines is 2. The molecule has 0 atom stereocenters. The van der Waals surface area contributed by atoms with E-state index in [-0.39, 0.29) is 12.1 Å². The van der Waals surface area contributed by atoms with Gasteiger partial charge in [-0.3, -0.25) is 0 Å². The third kappa shape index (κ3) is 4.25. The van der Waals surface area contributed by atoms with Crippen LogP contribution < -0.4 is 15.4 Å². The lowest BCUT2D eigenvalue weighted by molar-refractivity contribution is 0.242. The predicted molar refractivity (Wildman–Crippen MR) is 90.8 cm³/mol. The largest absolute Gasteiger partial charge is 0.491 e. The van der Waals surface area contributed by atoms with Crippen LogP contribution in [0.2, 0.25) is 0 Å². The number of carbonyl (C=O) groups excluding carboxylic acids is 1. The van der Waals surface area contributed by atoms with Crippen molar-refractivity contribution in [2.45, 2.75) is 33.8 Å². The topological polar surface area (TPSA) is 50.4 Å². The molecule has 2 N–H and O–H groups in total. The summed E-state index contributed by atoms with van der Waals surface area (Å²) < 4.78 is 5.57. The number of urea groups is 1. The molecule has 116 valence electrons. The molecule has 22 heavy (non-hydrogen) atoms. The lowest BCUT2D eigenvalue weighted by atomic mass is 10.1. The summed E-state index contributed by atoms with van der Waals surface area (Å²) in [5, 5.41) is 5.71. The smallest absolute Gasteiger partial charge is 0.323 e. The number of nitrogens with one attached hydrogen (secondary N) is 2. The van der Waals surface area contributed by atoms with Gasteiger partial charge in [0.05, 0.1) is 6.10 Å². The Kier molecular flexibility index (Phi) is 5.04. The number of para-hydroxylation sites is 1. The maximum atomic E-state index is 12.1. The van der Waals surface area contributed by atoms with E-state index in [9.17, 15) is 4.79 Å². The van der Waals surface area contributed by atoms with E-state index in [0.29, 0.717) is 0 Å². The second kappa shape index (κ2) is 6.98. The van der Waals surface area contributed by atoms with Crippen molar-refractivity contribution in [1.82, 2.24) is 0 Å². The van der Waals surface area contributed by atoms with Gasteiger partial charge < -0.3 is 15.4 Å². The average Bonchev–Trinajstić information content (AvgIpc) is 2.45. The van der Waals surface area contributed by atoms with Crippen LogP contribution in [0.15, 0.2) is 42.5 Å². The van der Waals surface area contributed by atoms with Gasteiger partial charge in [-0.25, -0.2) is 4.79 Å². The van der Waals surface area contributed by atoms with Gasteiger partial charge in [0.15, 0.2) is 0 Å². The number of carbonyl (C=O) groups is 1. The summed E-state index contributed by atoms with van der Waals surface area (Å²) in [4.78, 5) is 12.1. The summed E-state index contributed by atoms with van der Waals surface area (Å²) in [6.07, 6.45) is 0.131. The highest BCUT2D eigenvalue weighted by molar-refractivity contribution is 6.00. The quantitative estimate of drug-likeness (QED) is 0.857. The minimum atomic E-state index is -0.255. The lowest BCUT2D eigenvalue weighted by Crippen LogP contribution is -2.20. The number of ether oxygens (including phenoxy) is 1.